The lowest BCUT2D eigenvalue weighted by Crippen LogP contribution is -2.48. The van der Waals surface area contributed by atoms with Crippen molar-refractivity contribution in [1.82, 2.24) is 19.9 Å². The first-order valence-electron chi connectivity index (χ1n) is 17.5. The molecule has 0 unspecified atom stereocenters. The molecule has 280 valence electrons. The lowest BCUT2D eigenvalue weighted by Gasteiger charge is -2.35. The Labute approximate surface area is 315 Å². The fourth-order valence-corrected chi connectivity index (χ4v) is 6.73. The van der Waals surface area contributed by atoms with Crippen LogP contribution in [0.2, 0.25) is 0 Å². The fraction of sp³-hybridized carbons (Fsp3) is 0.297. The quantitative estimate of drug-likeness (QED) is 0.162. The summed E-state index contributed by atoms with van der Waals surface area (Å²) in [4.78, 5) is 73.7. The Morgan fingerprint density at radius 3 is 1.67 bits per heavy atom. The summed E-state index contributed by atoms with van der Waals surface area (Å²) in [5, 5.41) is 30.9. The molecule has 0 spiro atoms. The van der Waals surface area contributed by atoms with Crippen LogP contribution in [-0.2, 0) is 0 Å². The van der Waals surface area contributed by atoms with Crippen molar-refractivity contribution in [2.75, 3.05) is 63.0 Å². The van der Waals surface area contributed by atoms with E-state index >= 15 is 0 Å². The Morgan fingerprint density at radius 1 is 0.745 bits per heavy atom. The van der Waals surface area contributed by atoms with Gasteiger partial charge in [0, 0.05) is 51.4 Å². The van der Waals surface area contributed by atoms with Crippen molar-refractivity contribution >= 4 is 58.5 Å². The molecule has 0 saturated carbocycles. The van der Waals surface area contributed by atoms with Gasteiger partial charge in [-0.25, -0.2) is 34.3 Å². The summed E-state index contributed by atoms with van der Waals surface area (Å²) >= 11 is 0. The summed E-state index contributed by atoms with van der Waals surface area (Å²) in [6, 6.07) is 20.2. The first kappa shape index (κ1) is 37.6. The lowest BCUT2D eigenvalue weighted by atomic mass is 10.1. The molecule has 8 heterocycles. The predicted molar refractivity (Wildman–Crippen MR) is 202 cm³/mol. The highest BCUT2D eigenvalue weighted by Crippen LogP contribution is 2.40. The van der Waals surface area contributed by atoms with Gasteiger partial charge in [0.1, 0.15) is 17.3 Å². The normalized spacial score (nSPS) is 16.8. The zero-order valence-corrected chi connectivity index (χ0v) is 29.6. The van der Waals surface area contributed by atoms with Gasteiger partial charge in [0.25, 0.3) is 0 Å². The third-order valence-corrected chi connectivity index (χ3v) is 9.20. The molecule has 4 bridgehead atoms. The number of carbonyl (C=O) groups excluding carboxylic acids is 3. The number of hydrogen-bond donors (Lipinski definition) is 4. The molecule has 18 nitrogen and oxygen atoms in total. The number of nitriles is 2. The Hall–Kier alpha value is -7.18. The maximum Gasteiger partial charge on any atom is 0.354 e. The van der Waals surface area contributed by atoms with Crippen LogP contribution in [-0.4, -0.2) is 93.7 Å². The number of nitrogens with one attached hydrogen (secondary N) is 2. The number of carboxylic acids is 1. The third kappa shape index (κ3) is 8.40. The molecule has 2 atom stereocenters. The number of carbonyl (C=O) groups is 4. The van der Waals surface area contributed by atoms with E-state index < -0.39 is 5.97 Å². The van der Waals surface area contributed by atoms with E-state index in [1.165, 1.54) is 6.07 Å². The summed E-state index contributed by atoms with van der Waals surface area (Å²) in [6.45, 7) is 3.25. The van der Waals surface area contributed by atoms with Gasteiger partial charge < -0.3 is 20.6 Å². The van der Waals surface area contributed by atoms with Crippen LogP contribution in [0.4, 0.5) is 44.2 Å². The van der Waals surface area contributed by atoms with E-state index in [2.05, 4.69) is 46.1 Å². The Balaban J connectivity index is 0.000000172. The summed E-state index contributed by atoms with van der Waals surface area (Å²) < 4.78 is 0. The minimum absolute atomic E-state index is 0.00169. The molecule has 55 heavy (non-hydrogen) atoms. The van der Waals surface area contributed by atoms with Crippen LogP contribution < -0.4 is 36.0 Å². The topological polar surface area (TPSA) is 251 Å². The second kappa shape index (κ2) is 17.1. The van der Waals surface area contributed by atoms with E-state index in [0.717, 1.165) is 50.4 Å². The first-order chi connectivity index (χ1) is 26.7. The number of pyridine rings is 4. The van der Waals surface area contributed by atoms with Crippen molar-refractivity contribution in [1.29, 1.82) is 10.5 Å². The van der Waals surface area contributed by atoms with Crippen LogP contribution in [0.15, 0.2) is 73.1 Å². The van der Waals surface area contributed by atoms with Crippen LogP contribution >= 0.6 is 0 Å². The molecule has 4 amide bonds. The summed E-state index contributed by atoms with van der Waals surface area (Å²) in [5.74, 6) is 0.467. The molecule has 4 aliphatic rings. The van der Waals surface area contributed by atoms with Crippen LogP contribution in [0.1, 0.15) is 46.7 Å². The second-order valence-electron chi connectivity index (χ2n) is 12.6. The van der Waals surface area contributed by atoms with Crippen LogP contribution in [0.5, 0.6) is 0 Å². The van der Waals surface area contributed by atoms with Gasteiger partial charge in [-0.2, -0.15) is 10.5 Å². The number of nitrogens with two attached hydrogens (primary N) is 1. The molecule has 0 radical (unpaired) electrons. The molecule has 2 fully saturated rings. The number of Topliss-reactive ketones (excluding diaryl/α,β-unsaturated/α-hetero) is 1. The summed E-state index contributed by atoms with van der Waals surface area (Å²) in [7, 11) is 0. The number of aromatic carboxylic acids is 1. The molecule has 2 saturated heterocycles. The number of hydrogen-bond acceptors (Lipinski definition) is 13. The van der Waals surface area contributed by atoms with E-state index in [9.17, 15) is 24.3 Å². The van der Waals surface area contributed by atoms with Gasteiger partial charge in [-0.3, -0.25) is 25.2 Å². The van der Waals surface area contributed by atoms with Gasteiger partial charge in [-0.15, -0.1) is 0 Å². The number of carboxylic acid groups (broad SMARTS) is 1. The Kier molecular flexibility index (Phi) is 11.7. The highest BCUT2D eigenvalue weighted by Gasteiger charge is 2.42. The van der Waals surface area contributed by atoms with E-state index in [1.54, 1.807) is 76.8 Å². The largest absolute Gasteiger partial charge is 0.477 e. The minimum atomic E-state index is -1.11. The number of aromatic nitrogens is 4. The summed E-state index contributed by atoms with van der Waals surface area (Å²) in [5.41, 5.74) is 6.50. The van der Waals surface area contributed by atoms with Crippen molar-refractivity contribution in [3.63, 3.8) is 0 Å². The van der Waals surface area contributed by atoms with Crippen molar-refractivity contribution < 1.29 is 24.3 Å². The first-order valence-corrected chi connectivity index (χ1v) is 17.5. The van der Waals surface area contributed by atoms with E-state index in [4.69, 9.17) is 10.5 Å². The van der Waals surface area contributed by atoms with Crippen molar-refractivity contribution in [3.05, 3.63) is 84.4 Å². The number of rotatable bonds is 6. The molecular formula is C37H37N13O5. The molecule has 0 aromatic carbocycles. The molecule has 4 aromatic heterocycles. The number of anilines is 6. The molecule has 8 rings (SSSR count). The second-order valence-corrected chi connectivity index (χ2v) is 12.6. The van der Waals surface area contributed by atoms with Gasteiger partial charge in [-0.05, 0) is 61.4 Å². The minimum Gasteiger partial charge on any atom is -0.477 e. The monoisotopic (exact) mass is 743 g/mol. The average Bonchev–Trinajstić information content (AvgIpc) is 3.83. The number of amides is 4. The number of fused-ring (bicyclic) bond motifs is 8. The van der Waals surface area contributed by atoms with E-state index in [-0.39, 0.29) is 60.7 Å². The van der Waals surface area contributed by atoms with Gasteiger partial charge in [0.05, 0.1) is 42.1 Å². The standard InChI is InChI=1S/C19H18N6O2.C16H15N5O3.C2H4N2/c20-9-3-4-16(26)14-6-7-15-18(22-14)25(13-8-11-24(15)12-13)19(27)23-17-5-1-2-10-21-17;22-15(23)11-4-5-12-14(18-11)21(10-6-8-20(12)9-10)16(24)19-13-3-1-2-7-17-13;3-1-2-4/h1-2,5-7,10,13H,3-4,8,11-12H2,(H,21,23,27);1-5,7,10H,6,8-9H2,(H,22,23)(H,17,19,24);1,3H2/t13-;10-;/m00./s1. The van der Waals surface area contributed by atoms with Gasteiger partial charge in [0.15, 0.2) is 23.1 Å². The van der Waals surface area contributed by atoms with Crippen molar-refractivity contribution in [2.24, 2.45) is 5.73 Å². The van der Waals surface area contributed by atoms with E-state index in [0.29, 0.717) is 23.3 Å². The zero-order chi connectivity index (χ0) is 38.9. The summed E-state index contributed by atoms with van der Waals surface area (Å²) in [6.07, 6.45) is 5.13. The molecular weight excluding hydrogens is 706 g/mol. The number of nitrogens with zero attached hydrogens (tertiary/aromatic N) is 10. The maximum absolute atomic E-state index is 13.0. The zero-order valence-electron chi connectivity index (χ0n) is 29.6. The van der Waals surface area contributed by atoms with Gasteiger partial charge in [0.2, 0.25) is 0 Å². The molecule has 18 heteroatoms. The third-order valence-electron chi connectivity index (χ3n) is 9.20. The smallest absolute Gasteiger partial charge is 0.354 e. The molecule has 5 N–H and O–H groups in total. The van der Waals surface area contributed by atoms with Crippen molar-refractivity contribution in [2.45, 2.75) is 37.8 Å². The van der Waals surface area contributed by atoms with Crippen LogP contribution in [0, 0.1) is 22.7 Å². The van der Waals surface area contributed by atoms with Crippen LogP contribution in [0.3, 0.4) is 0 Å². The van der Waals surface area contributed by atoms with Crippen LogP contribution in [0.25, 0.3) is 0 Å². The maximum atomic E-state index is 13.0. The van der Waals surface area contributed by atoms with Gasteiger partial charge >= 0.3 is 18.0 Å². The van der Waals surface area contributed by atoms with Gasteiger partial charge in [-0.1, -0.05) is 12.1 Å². The predicted octanol–water partition coefficient (Wildman–Crippen LogP) is 3.87. The molecule has 4 aromatic rings. The lowest BCUT2D eigenvalue weighted by molar-refractivity contribution is 0.0690. The average molecular weight is 744 g/mol. The SMILES string of the molecule is N#CCCC(=O)c1ccc2c(n1)N(C(=O)Nc1ccccn1)[C@H]1CCN2C1.N#CCN.O=C(O)c1ccc2c(n1)N(C(=O)Nc1ccccn1)[C@H]1CCN2C1. The van der Waals surface area contributed by atoms with E-state index in [1.807, 2.05) is 12.1 Å². The number of urea groups is 2. The fourth-order valence-electron chi connectivity index (χ4n) is 6.73. The Morgan fingerprint density at radius 2 is 1.24 bits per heavy atom. The van der Waals surface area contributed by atoms with Crippen molar-refractivity contribution in [3.8, 4) is 12.1 Å². The highest BCUT2D eigenvalue weighted by molar-refractivity contribution is 6.06. The molecule has 4 aliphatic heterocycles. The Bertz CT molecular complexity index is 2140. The molecule has 0 aliphatic carbocycles. The number of ketones is 1. The highest BCUT2D eigenvalue weighted by atomic mass is 16.4.